The molecule has 0 unspecified atom stereocenters. The monoisotopic (exact) mass is 247 g/mol. The highest BCUT2D eigenvalue weighted by Crippen LogP contribution is 2.16. The fraction of sp³-hybridized carbons (Fsp3) is 0.364. The van der Waals surface area contributed by atoms with E-state index in [0.717, 1.165) is 6.07 Å². The van der Waals surface area contributed by atoms with Gasteiger partial charge in [0.2, 0.25) is 0 Å². The van der Waals surface area contributed by atoms with E-state index in [1.807, 2.05) is 0 Å². The smallest absolute Gasteiger partial charge is 0.161 e. The summed E-state index contributed by atoms with van der Waals surface area (Å²) in [5.41, 5.74) is 2.47. The summed E-state index contributed by atoms with van der Waals surface area (Å²) in [5, 5.41) is 0. The number of rotatable bonds is 6. The quantitative estimate of drug-likeness (QED) is 0.473. The van der Waals surface area contributed by atoms with Gasteiger partial charge in [-0.1, -0.05) is 0 Å². The fourth-order valence-corrected chi connectivity index (χ4v) is 1.44. The number of hydroxylamine groups is 1. The molecule has 0 heterocycles. The predicted octanol–water partition coefficient (Wildman–Crippen LogP) is 1.75. The Kier molecular flexibility index (Phi) is 5.11. The maximum Gasteiger partial charge on any atom is 0.161 e. The third-order valence-electron chi connectivity index (χ3n) is 2.22. The molecule has 0 saturated carbocycles. The van der Waals surface area contributed by atoms with Gasteiger partial charge in [-0.05, 0) is 18.1 Å². The van der Waals surface area contributed by atoms with Crippen LogP contribution in [0.4, 0.5) is 13.2 Å². The summed E-state index contributed by atoms with van der Waals surface area (Å²) < 4.78 is 38.9. The van der Waals surface area contributed by atoms with Crippen LogP contribution in [-0.4, -0.2) is 19.4 Å². The van der Waals surface area contributed by atoms with Crippen molar-refractivity contribution < 1.29 is 22.8 Å². The van der Waals surface area contributed by atoms with Gasteiger partial charge in [0, 0.05) is 18.5 Å². The highest BCUT2D eigenvalue weighted by atomic mass is 19.2. The second kappa shape index (κ2) is 6.36. The first-order chi connectivity index (χ1) is 8.08. The number of halogens is 3. The Morgan fingerprint density at radius 2 is 1.94 bits per heavy atom. The third kappa shape index (κ3) is 3.83. The Morgan fingerprint density at radius 1 is 1.29 bits per heavy atom. The Morgan fingerprint density at radius 3 is 2.53 bits per heavy atom. The summed E-state index contributed by atoms with van der Waals surface area (Å²) in [4.78, 5) is 15.0. The minimum atomic E-state index is -1.24. The van der Waals surface area contributed by atoms with Crippen LogP contribution in [0.15, 0.2) is 12.1 Å². The van der Waals surface area contributed by atoms with Crippen molar-refractivity contribution in [3.05, 3.63) is 35.1 Å². The van der Waals surface area contributed by atoms with Crippen molar-refractivity contribution in [2.75, 3.05) is 7.11 Å². The molecule has 6 heteroatoms. The first-order valence-electron chi connectivity index (χ1n) is 4.94. The maximum absolute atomic E-state index is 13.3. The van der Waals surface area contributed by atoms with Crippen LogP contribution in [0.25, 0.3) is 0 Å². The topological polar surface area (TPSA) is 38.3 Å². The van der Waals surface area contributed by atoms with Crippen LogP contribution in [0.1, 0.15) is 12.0 Å². The van der Waals surface area contributed by atoms with E-state index in [1.165, 1.54) is 7.11 Å². The van der Waals surface area contributed by atoms with Crippen molar-refractivity contribution >= 4 is 6.29 Å². The molecule has 1 N–H and O–H groups in total. The van der Waals surface area contributed by atoms with Gasteiger partial charge in [0.05, 0.1) is 7.11 Å². The lowest BCUT2D eigenvalue weighted by Crippen LogP contribution is -2.31. The first-order valence-corrected chi connectivity index (χ1v) is 4.94. The van der Waals surface area contributed by atoms with Crippen molar-refractivity contribution in [2.45, 2.75) is 18.9 Å². The van der Waals surface area contributed by atoms with E-state index in [4.69, 9.17) is 0 Å². The second-order valence-corrected chi connectivity index (χ2v) is 3.48. The van der Waals surface area contributed by atoms with Crippen LogP contribution >= 0.6 is 0 Å². The lowest BCUT2D eigenvalue weighted by Gasteiger charge is -2.15. The van der Waals surface area contributed by atoms with Crippen molar-refractivity contribution in [1.82, 2.24) is 5.48 Å². The Balaban J connectivity index is 2.84. The van der Waals surface area contributed by atoms with Crippen LogP contribution in [0, 0.1) is 17.5 Å². The molecular formula is C11H12F3NO2. The Hall–Kier alpha value is -1.40. The molecule has 1 atom stereocenters. The molecule has 0 saturated heterocycles. The van der Waals surface area contributed by atoms with Gasteiger partial charge in [-0.3, -0.25) is 0 Å². The molecule has 3 nitrogen and oxygen atoms in total. The van der Waals surface area contributed by atoms with Crippen molar-refractivity contribution in [1.29, 1.82) is 0 Å². The maximum atomic E-state index is 13.3. The SMILES string of the molecule is CON[C@@H](CC=O)Cc1cc(F)c(F)cc1F. The molecule has 0 amide bonds. The number of carbonyl (C=O) groups is 1. The average Bonchev–Trinajstić information content (AvgIpc) is 2.26. The molecule has 17 heavy (non-hydrogen) atoms. The van der Waals surface area contributed by atoms with Crippen molar-refractivity contribution in [3.63, 3.8) is 0 Å². The van der Waals surface area contributed by atoms with Gasteiger partial charge in [0.1, 0.15) is 12.1 Å². The van der Waals surface area contributed by atoms with E-state index in [0.29, 0.717) is 12.4 Å². The summed E-state index contributed by atoms with van der Waals surface area (Å²) in [7, 11) is 1.35. The molecule has 0 aliphatic rings. The van der Waals surface area contributed by atoms with Crippen molar-refractivity contribution in [2.24, 2.45) is 0 Å². The Bertz CT molecular complexity index is 399. The molecule has 0 aliphatic carbocycles. The highest BCUT2D eigenvalue weighted by molar-refractivity contribution is 5.50. The molecule has 1 aromatic rings. The molecule has 1 rings (SSSR count). The zero-order valence-electron chi connectivity index (χ0n) is 9.17. The van der Waals surface area contributed by atoms with Crippen LogP contribution in [0.3, 0.4) is 0 Å². The lowest BCUT2D eigenvalue weighted by molar-refractivity contribution is -0.109. The molecule has 0 aliphatic heterocycles. The highest BCUT2D eigenvalue weighted by Gasteiger charge is 2.15. The zero-order chi connectivity index (χ0) is 12.8. The predicted molar refractivity (Wildman–Crippen MR) is 54.6 cm³/mol. The summed E-state index contributed by atoms with van der Waals surface area (Å²) in [5.74, 6) is -3.21. The standard InChI is InChI=1S/C11H12F3NO2/c1-17-15-8(2-3-16)4-7-5-10(13)11(14)6-9(7)12/h3,5-6,8,15H,2,4H2,1H3/t8-/m0/s1. The third-order valence-corrected chi connectivity index (χ3v) is 2.22. The largest absolute Gasteiger partial charge is 0.305 e. The molecule has 94 valence electrons. The summed E-state index contributed by atoms with van der Waals surface area (Å²) in [6.07, 6.45) is 0.733. The molecule has 0 aromatic heterocycles. The fourth-order valence-electron chi connectivity index (χ4n) is 1.44. The number of aldehydes is 1. The van der Waals surface area contributed by atoms with Gasteiger partial charge < -0.3 is 9.63 Å². The molecule has 0 radical (unpaired) electrons. The van der Waals surface area contributed by atoms with E-state index in [-0.39, 0.29) is 18.4 Å². The van der Waals surface area contributed by atoms with E-state index in [1.54, 1.807) is 0 Å². The molecular weight excluding hydrogens is 235 g/mol. The first kappa shape index (κ1) is 13.7. The number of benzene rings is 1. The van der Waals surface area contributed by atoms with E-state index < -0.39 is 23.5 Å². The van der Waals surface area contributed by atoms with Gasteiger partial charge in [-0.2, -0.15) is 5.48 Å². The van der Waals surface area contributed by atoms with Gasteiger partial charge >= 0.3 is 0 Å². The number of hydrogen-bond acceptors (Lipinski definition) is 3. The molecule has 1 aromatic carbocycles. The second-order valence-electron chi connectivity index (χ2n) is 3.48. The minimum Gasteiger partial charge on any atom is -0.305 e. The average molecular weight is 247 g/mol. The van der Waals surface area contributed by atoms with Crippen LogP contribution < -0.4 is 5.48 Å². The number of nitrogens with one attached hydrogen (secondary N) is 1. The normalized spacial score (nSPS) is 12.5. The van der Waals surface area contributed by atoms with E-state index in [2.05, 4.69) is 10.3 Å². The minimum absolute atomic E-state index is 0.0136. The van der Waals surface area contributed by atoms with Crippen LogP contribution in [-0.2, 0) is 16.1 Å². The summed E-state index contributed by atoms with van der Waals surface area (Å²) >= 11 is 0. The number of hydrogen-bond donors (Lipinski definition) is 1. The molecule has 0 fully saturated rings. The zero-order valence-corrected chi connectivity index (χ0v) is 9.17. The van der Waals surface area contributed by atoms with Gasteiger partial charge in [-0.15, -0.1) is 0 Å². The summed E-state index contributed by atoms with van der Waals surface area (Å²) in [6, 6.07) is 0.770. The van der Waals surface area contributed by atoms with Crippen LogP contribution in [0.5, 0.6) is 0 Å². The number of carbonyl (C=O) groups excluding carboxylic acids is 1. The van der Waals surface area contributed by atoms with Crippen LogP contribution in [0.2, 0.25) is 0 Å². The Labute approximate surface area is 96.5 Å². The molecule has 0 spiro atoms. The summed E-state index contributed by atoms with van der Waals surface area (Å²) in [6.45, 7) is 0. The van der Waals surface area contributed by atoms with Gasteiger partial charge in [-0.25, -0.2) is 13.2 Å². The van der Waals surface area contributed by atoms with Gasteiger partial charge in [0.25, 0.3) is 0 Å². The van der Waals surface area contributed by atoms with E-state index >= 15 is 0 Å². The van der Waals surface area contributed by atoms with Gasteiger partial charge in [0.15, 0.2) is 11.6 Å². The van der Waals surface area contributed by atoms with Crippen molar-refractivity contribution in [3.8, 4) is 0 Å². The molecule has 0 bridgehead atoms. The lowest BCUT2D eigenvalue weighted by atomic mass is 10.0. The van der Waals surface area contributed by atoms with E-state index in [9.17, 15) is 18.0 Å².